The summed E-state index contributed by atoms with van der Waals surface area (Å²) in [6.07, 6.45) is 15.1. The minimum atomic E-state index is 0.849. The topological polar surface area (TPSA) is 17.1 Å². The van der Waals surface area contributed by atoms with Crippen molar-refractivity contribution in [3.63, 3.8) is 0 Å². The van der Waals surface area contributed by atoms with E-state index in [0.717, 1.165) is 12.8 Å². The number of allylic oxidation sites excluding steroid dienone is 4. The van der Waals surface area contributed by atoms with E-state index in [0.29, 0.717) is 0 Å². The van der Waals surface area contributed by atoms with Gasteiger partial charge in [-0.15, -0.1) is 0 Å². The Balaban J connectivity index is 3.14. The first-order valence-corrected chi connectivity index (χ1v) is 4.59. The maximum Gasteiger partial charge on any atom is 0.225 e. The van der Waals surface area contributed by atoms with E-state index in [1.807, 2.05) is 6.08 Å². The third-order valence-corrected chi connectivity index (χ3v) is 1.60. The summed E-state index contributed by atoms with van der Waals surface area (Å²) in [5.41, 5.74) is 0. The molecule has 0 amide bonds. The molecule has 12 heavy (non-hydrogen) atoms. The molecule has 0 atom stereocenters. The van der Waals surface area contributed by atoms with Crippen LogP contribution in [0.25, 0.3) is 0 Å². The second-order valence-corrected chi connectivity index (χ2v) is 2.72. The lowest BCUT2D eigenvalue weighted by molar-refractivity contribution is 0.564. The molecule has 0 spiro atoms. The first-order chi connectivity index (χ1) is 5.91. The molecule has 0 rings (SSSR count). The molecule has 1 radical (unpaired) electrons. The fraction of sp³-hybridized carbons (Fsp3) is 0.545. The average Bonchev–Trinajstić information content (AvgIpc) is 2.10. The van der Waals surface area contributed by atoms with E-state index >= 15 is 0 Å². The van der Waals surface area contributed by atoms with Gasteiger partial charge in [0.15, 0.2) is 0 Å². The van der Waals surface area contributed by atoms with Crippen LogP contribution in [0.15, 0.2) is 24.3 Å². The normalized spacial score (nSPS) is 11.4. The van der Waals surface area contributed by atoms with Gasteiger partial charge in [0, 0.05) is 0 Å². The fourth-order valence-corrected chi connectivity index (χ4v) is 0.921. The van der Waals surface area contributed by atoms with Crippen molar-refractivity contribution in [1.29, 1.82) is 0 Å². The highest BCUT2D eigenvalue weighted by Crippen LogP contribution is 2.00. The summed E-state index contributed by atoms with van der Waals surface area (Å²) in [7, 11) is 0. The van der Waals surface area contributed by atoms with Crippen molar-refractivity contribution >= 4 is 6.29 Å². The summed E-state index contributed by atoms with van der Waals surface area (Å²) in [6.45, 7) is 2.20. The van der Waals surface area contributed by atoms with Crippen molar-refractivity contribution in [2.75, 3.05) is 0 Å². The van der Waals surface area contributed by atoms with Crippen molar-refractivity contribution in [3.8, 4) is 0 Å². The lowest BCUT2D eigenvalue weighted by atomic mass is 10.2. The second kappa shape index (κ2) is 10.2. The predicted octanol–water partition coefficient (Wildman–Crippen LogP) is 3.18. The van der Waals surface area contributed by atoms with Crippen LogP contribution in [-0.2, 0) is 4.79 Å². The minimum absolute atomic E-state index is 0.849. The predicted molar refractivity (Wildman–Crippen MR) is 52.7 cm³/mol. The molecule has 0 saturated carbocycles. The molecule has 0 unspecified atom stereocenters. The summed E-state index contributed by atoms with van der Waals surface area (Å²) in [6, 6.07) is 0. The van der Waals surface area contributed by atoms with E-state index in [9.17, 15) is 4.79 Å². The Morgan fingerprint density at radius 3 is 2.67 bits per heavy atom. The van der Waals surface area contributed by atoms with Crippen LogP contribution in [0.5, 0.6) is 0 Å². The van der Waals surface area contributed by atoms with Gasteiger partial charge in [-0.2, -0.15) is 0 Å². The smallest absolute Gasteiger partial charge is 0.225 e. The maximum atomic E-state index is 9.74. The molecular weight excluding hydrogens is 148 g/mol. The van der Waals surface area contributed by atoms with Gasteiger partial charge in [0.05, 0.1) is 0 Å². The van der Waals surface area contributed by atoms with Crippen LogP contribution in [0.3, 0.4) is 0 Å². The van der Waals surface area contributed by atoms with E-state index in [2.05, 4.69) is 19.1 Å². The van der Waals surface area contributed by atoms with Gasteiger partial charge in [-0.05, 0) is 25.3 Å². The maximum absolute atomic E-state index is 9.74. The molecule has 0 fully saturated rings. The molecule has 1 nitrogen and oxygen atoms in total. The lowest BCUT2D eigenvalue weighted by Gasteiger charge is -1.90. The molecule has 67 valence electrons. The summed E-state index contributed by atoms with van der Waals surface area (Å²) in [4.78, 5) is 9.74. The molecule has 1 heteroatoms. The van der Waals surface area contributed by atoms with Gasteiger partial charge in [0.1, 0.15) is 0 Å². The molecule has 0 saturated heterocycles. The van der Waals surface area contributed by atoms with Gasteiger partial charge in [-0.1, -0.05) is 38.0 Å². The Bertz CT molecular complexity index is 145. The van der Waals surface area contributed by atoms with Crippen LogP contribution < -0.4 is 0 Å². The second-order valence-electron chi connectivity index (χ2n) is 2.72. The van der Waals surface area contributed by atoms with E-state index in [4.69, 9.17) is 0 Å². The van der Waals surface area contributed by atoms with Crippen LogP contribution in [0.1, 0.15) is 39.0 Å². The van der Waals surface area contributed by atoms with Crippen LogP contribution in [-0.4, -0.2) is 6.29 Å². The first kappa shape index (κ1) is 11.2. The van der Waals surface area contributed by atoms with E-state index in [1.165, 1.54) is 25.3 Å². The molecule has 0 aromatic heterocycles. The zero-order chi connectivity index (χ0) is 9.07. The van der Waals surface area contributed by atoms with Crippen molar-refractivity contribution < 1.29 is 4.79 Å². The van der Waals surface area contributed by atoms with Gasteiger partial charge in [0.2, 0.25) is 6.29 Å². The monoisotopic (exact) mass is 165 g/mol. The van der Waals surface area contributed by atoms with Crippen molar-refractivity contribution in [3.05, 3.63) is 24.3 Å². The summed E-state index contributed by atoms with van der Waals surface area (Å²) in [5, 5.41) is 0. The standard InChI is InChI=1S/C11H17O/c1-2-3-4-5-6-7-8-9-10-11-12/h6-7,9-10H,2-5,8H2,1H3/b7-6+,10-9+. The molecule has 0 aliphatic heterocycles. The highest BCUT2D eigenvalue weighted by atomic mass is 16.1. The average molecular weight is 165 g/mol. The number of hydrogen-bond acceptors (Lipinski definition) is 1. The molecule has 0 aromatic carbocycles. The van der Waals surface area contributed by atoms with Crippen LogP contribution in [0.2, 0.25) is 0 Å². The molecule has 0 N–H and O–H groups in total. The third-order valence-electron chi connectivity index (χ3n) is 1.60. The molecule has 0 aromatic rings. The van der Waals surface area contributed by atoms with E-state index in [1.54, 1.807) is 6.29 Å². The van der Waals surface area contributed by atoms with Crippen LogP contribution >= 0.6 is 0 Å². The van der Waals surface area contributed by atoms with Gasteiger partial charge in [-0.25, -0.2) is 0 Å². The van der Waals surface area contributed by atoms with Crippen molar-refractivity contribution in [1.82, 2.24) is 0 Å². The Morgan fingerprint density at radius 1 is 1.17 bits per heavy atom. The number of rotatable bonds is 7. The molecule has 0 aliphatic carbocycles. The summed E-state index contributed by atoms with van der Waals surface area (Å²) >= 11 is 0. The van der Waals surface area contributed by atoms with Gasteiger partial charge < -0.3 is 0 Å². The minimum Gasteiger partial charge on any atom is -0.286 e. The summed E-state index contributed by atoms with van der Waals surface area (Å²) < 4.78 is 0. The summed E-state index contributed by atoms with van der Waals surface area (Å²) in [5.74, 6) is 0. The number of hydrogen-bond donors (Lipinski definition) is 0. The Hall–Kier alpha value is -0.850. The van der Waals surface area contributed by atoms with Gasteiger partial charge in [0.25, 0.3) is 0 Å². The first-order valence-electron chi connectivity index (χ1n) is 4.59. The quantitative estimate of drug-likeness (QED) is 0.321. The van der Waals surface area contributed by atoms with Crippen molar-refractivity contribution in [2.45, 2.75) is 39.0 Å². The highest BCUT2D eigenvalue weighted by molar-refractivity contribution is 5.65. The van der Waals surface area contributed by atoms with E-state index < -0.39 is 0 Å². The van der Waals surface area contributed by atoms with Gasteiger partial charge >= 0.3 is 0 Å². The number of carbonyl (C=O) groups excluding carboxylic acids is 1. The fourth-order valence-electron chi connectivity index (χ4n) is 0.921. The third kappa shape index (κ3) is 9.15. The zero-order valence-electron chi connectivity index (χ0n) is 7.75. The largest absolute Gasteiger partial charge is 0.286 e. The zero-order valence-corrected chi connectivity index (χ0v) is 7.75. The van der Waals surface area contributed by atoms with E-state index in [-0.39, 0.29) is 0 Å². The van der Waals surface area contributed by atoms with Crippen LogP contribution in [0, 0.1) is 0 Å². The van der Waals surface area contributed by atoms with Gasteiger partial charge in [-0.3, -0.25) is 4.79 Å². The molecule has 0 heterocycles. The SMILES string of the molecule is CCCCC/C=C/C/C=C/[C]=O. The Labute approximate surface area is 75.2 Å². The Kier molecular flexibility index (Phi) is 9.43. The van der Waals surface area contributed by atoms with Crippen molar-refractivity contribution in [2.24, 2.45) is 0 Å². The molecule has 0 aliphatic rings. The van der Waals surface area contributed by atoms with Crippen LogP contribution in [0.4, 0.5) is 0 Å². The Morgan fingerprint density at radius 2 is 2.00 bits per heavy atom. The highest BCUT2D eigenvalue weighted by Gasteiger charge is 1.80. The lowest BCUT2D eigenvalue weighted by Crippen LogP contribution is -1.70. The molecule has 0 bridgehead atoms. The number of unbranched alkanes of at least 4 members (excludes halogenated alkanes) is 3. The molecular formula is C11H17O.